The van der Waals surface area contributed by atoms with E-state index in [2.05, 4.69) is 38.9 Å². The van der Waals surface area contributed by atoms with E-state index in [1.54, 1.807) is 0 Å². The first-order valence-electron chi connectivity index (χ1n) is 5.03. The smallest absolute Gasteiger partial charge is 0.274 e. The summed E-state index contributed by atoms with van der Waals surface area (Å²) < 4.78 is 1.98. The maximum atomic E-state index is 3.99. The molecule has 0 spiro atoms. The van der Waals surface area contributed by atoms with Crippen LogP contribution in [0, 0.1) is 0 Å². The van der Waals surface area contributed by atoms with Crippen molar-refractivity contribution in [2.75, 3.05) is 6.54 Å². The monoisotopic (exact) mass is 204 g/mol. The number of rotatable bonds is 1. The van der Waals surface area contributed by atoms with Crippen LogP contribution >= 0.6 is 0 Å². The zero-order valence-corrected chi connectivity index (χ0v) is 8.44. The molecule has 0 amide bonds. The maximum Gasteiger partial charge on any atom is 0.274 e. The molecule has 2 N–H and O–H groups in total. The van der Waals surface area contributed by atoms with E-state index in [0.29, 0.717) is 12.0 Å². The summed E-state index contributed by atoms with van der Waals surface area (Å²) in [7, 11) is 0. The number of aromatic nitrogens is 5. The molecule has 0 aromatic carbocycles. The molecule has 6 nitrogen and oxygen atoms in total. The Morgan fingerprint density at radius 2 is 2.47 bits per heavy atom. The first-order valence-corrected chi connectivity index (χ1v) is 5.03. The number of fused-ring (bicyclic) bond motifs is 1. The molecule has 1 aliphatic rings. The summed E-state index contributed by atoms with van der Waals surface area (Å²) in [5.41, 5.74) is 2.61. The minimum Gasteiger partial charge on any atom is -0.309 e. The average Bonchev–Trinajstić information content (AvgIpc) is 2.85. The van der Waals surface area contributed by atoms with Gasteiger partial charge in [0.25, 0.3) is 5.95 Å². The molecule has 3 rings (SSSR count). The van der Waals surface area contributed by atoms with Crippen LogP contribution in [-0.4, -0.2) is 31.7 Å². The molecule has 0 fully saturated rings. The van der Waals surface area contributed by atoms with Crippen molar-refractivity contribution in [3.05, 3.63) is 23.5 Å². The molecule has 3 heterocycles. The van der Waals surface area contributed by atoms with E-state index < -0.39 is 0 Å². The van der Waals surface area contributed by atoms with Gasteiger partial charge in [0.05, 0.1) is 0 Å². The van der Waals surface area contributed by atoms with Gasteiger partial charge in [-0.3, -0.25) is 4.57 Å². The molecule has 1 atom stereocenters. The lowest BCUT2D eigenvalue weighted by atomic mass is 10.0. The van der Waals surface area contributed by atoms with E-state index in [1.165, 1.54) is 11.3 Å². The molecule has 0 saturated carbocycles. The summed E-state index contributed by atoms with van der Waals surface area (Å²) in [6.07, 6.45) is 3.06. The van der Waals surface area contributed by atoms with E-state index >= 15 is 0 Å². The standard InChI is InChI=1S/C9H12N6/c1-6-8-7(2-4-10-6)3-5-15(8)9-11-13-14-12-9/h3,5-6,10H,2,4H2,1H3,(H,11,12,13,14). The second-order valence-electron chi connectivity index (χ2n) is 3.73. The summed E-state index contributed by atoms with van der Waals surface area (Å²) in [5.74, 6) is 0.604. The van der Waals surface area contributed by atoms with Gasteiger partial charge in [-0.15, -0.1) is 5.10 Å². The zero-order valence-electron chi connectivity index (χ0n) is 8.44. The predicted octanol–water partition coefficient (Wildman–Crippen LogP) is 0.197. The van der Waals surface area contributed by atoms with Gasteiger partial charge in [-0.25, -0.2) is 0 Å². The van der Waals surface area contributed by atoms with Gasteiger partial charge in [0.15, 0.2) is 0 Å². The Kier molecular flexibility index (Phi) is 1.81. The van der Waals surface area contributed by atoms with Crippen LogP contribution in [0.4, 0.5) is 0 Å². The first kappa shape index (κ1) is 8.60. The number of aromatic amines is 1. The van der Waals surface area contributed by atoms with E-state index in [4.69, 9.17) is 0 Å². The zero-order chi connectivity index (χ0) is 10.3. The Labute approximate surface area is 86.7 Å². The van der Waals surface area contributed by atoms with Crippen LogP contribution in [0.15, 0.2) is 12.3 Å². The highest BCUT2D eigenvalue weighted by atomic mass is 15.5. The summed E-state index contributed by atoms with van der Waals surface area (Å²) in [6.45, 7) is 3.18. The van der Waals surface area contributed by atoms with Gasteiger partial charge in [0.1, 0.15) is 0 Å². The third kappa shape index (κ3) is 1.25. The van der Waals surface area contributed by atoms with Crippen molar-refractivity contribution in [1.82, 2.24) is 30.5 Å². The highest BCUT2D eigenvalue weighted by Gasteiger charge is 2.21. The largest absolute Gasteiger partial charge is 0.309 e. The molecule has 2 aromatic heterocycles. The van der Waals surface area contributed by atoms with Crippen molar-refractivity contribution in [3.63, 3.8) is 0 Å². The normalized spacial score (nSPS) is 20.2. The predicted molar refractivity (Wildman–Crippen MR) is 53.6 cm³/mol. The van der Waals surface area contributed by atoms with Crippen molar-refractivity contribution in [2.24, 2.45) is 0 Å². The number of hydrogen-bond acceptors (Lipinski definition) is 4. The Bertz CT molecular complexity index is 457. The van der Waals surface area contributed by atoms with Crippen molar-refractivity contribution in [1.29, 1.82) is 0 Å². The molecule has 0 aliphatic carbocycles. The second-order valence-corrected chi connectivity index (χ2v) is 3.73. The van der Waals surface area contributed by atoms with Crippen molar-refractivity contribution < 1.29 is 0 Å². The Morgan fingerprint density at radius 1 is 1.53 bits per heavy atom. The van der Waals surface area contributed by atoms with Gasteiger partial charge in [-0.1, -0.05) is 5.10 Å². The Balaban J connectivity index is 2.14. The SMILES string of the molecule is CC1NCCc2ccn(-c3nn[nH]n3)c21. The molecule has 0 bridgehead atoms. The van der Waals surface area contributed by atoms with Crippen LogP contribution in [0.2, 0.25) is 0 Å². The van der Waals surface area contributed by atoms with E-state index in [0.717, 1.165) is 13.0 Å². The van der Waals surface area contributed by atoms with Crippen LogP contribution < -0.4 is 5.32 Å². The molecule has 0 radical (unpaired) electrons. The Morgan fingerprint density at radius 3 is 3.27 bits per heavy atom. The molecule has 0 saturated heterocycles. The van der Waals surface area contributed by atoms with Crippen molar-refractivity contribution in [2.45, 2.75) is 19.4 Å². The third-order valence-electron chi connectivity index (χ3n) is 2.82. The van der Waals surface area contributed by atoms with Crippen LogP contribution in [0.1, 0.15) is 24.2 Å². The van der Waals surface area contributed by atoms with E-state index in [-0.39, 0.29) is 0 Å². The van der Waals surface area contributed by atoms with Crippen LogP contribution in [0.3, 0.4) is 0 Å². The Hall–Kier alpha value is -1.69. The van der Waals surface area contributed by atoms with Gasteiger partial charge < -0.3 is 5.32 Å². The van der Waals surface area contributed by atoms with Crippen LogP contribution in [-0.2, 0) is 6.42 Å². The topological polar surface area (TPSA) is 71.4 Å². The number of nitrogens with one attached hydrogen (secondary N) is 2. The van der Waals surface area contributed by atoms with E-state index in [9.17, 15) is 0 Å². The van der Waals surface area contributed by atoms with Crippen molar-refractivity contribution >= 4 is 0 Å². The quantitative estimate of drug-likeness (QED) is 0.696. The lowest BCUT2D eigenvalue weighted by molar-refractivity contribution is 0.519. The third-order valence-corrected chi connectivity index (χ3v) is 2.82. The summed E-state index contributed by atoms with van der Waals surface area (Å²) in [6, 6.07) is 2.46. The fraction of sp³-hybridized carbons (Fsp3) is 0.444. The molecule has 78 valence electrons. The van der Waals surface area contributed by atoms with Gasteiger partial charge >= 0.3 is 0 Å². The molecular formula is C9H12N6. The van der Waals surface area contributed by atoms with Gasteiger partial charge in [-0.05, 0) is 36.7 Å². The number of nitrogens with zero attached hydrogens (tertiary/aromatic N) is 4. The molecule has 1 aliphatic heterocycles. The molecule has 2 aromatic rings. The first-order chi connectivity index (χ1) is 7.36. The average molecular weight is 204 g/mol. The van der Waals surface area contributed by atoms with E-state index in [1.807, 2.05) is 10.8 Å². The summed E-state index contributed by atoms with van der Waals surface area (Å²) >= 11 is 0. The number of tetrazole rings is 1. The minimum absolute atomic E-state index is 0.335. The lowest BCUT2D eigenvalue weighted by Crippen LogP contribution is -2.29. The van der Waals surface area contributed by atoms with Gasteiger partial charge in [0.2, 0.25) is 0 Å². The van der Waals surface area contributed by atoms with Gasteiger partial charge in [0, 0.05) is 17.9 Å². The molecular weight excluding hydrogens is 192 g/mol. The summed E-state index contributed by atoms with van der Waals surface area (Å²) in [5, 5.41) is 17.4. The van der Waals surface area contributed by atoms with Gasteiger partial charge in [-0.2, -0.15) is 5.21 Å². The maximum absolute atomic E-state index is 3.99. The molecule has 1 unspecified atom stereocenters. The lowest BCUT2D eigenvalue weighted by Gasteiger charge is -2.22. The minimum atomic E-state index is 0.335. The second kappa shape index (κ2) is 3.16. The number of H-pyrrole nitrogens is 1. The molecule has 15 heavy (non-hydrogen) atoms. The fourth-order valence-corrected chi connectivity index (χ4v) is 2.14. The highest BCUT2D eigenvalue weighted by Crippen LogP contribution is 2.24. The van der Waals surface area contributed by atoms with Crippen LogP contribution in [0.5, 0.6) is 0 Å². The highest BCUT2D eigenvalue weighted by molar-refractivity contribution is 5.32. The molecule has 6 heteroatoms. The van der Waals surface area contributed by atoms with Crippen molar-refractivity contribution in [3.8, 4) is 5.95 Å². The fourth-order valence-electron chi connectivity index (χ4n) is 2.14. The van der Waals surface area contributed by atoms with Crippen LogP contribution in [0.25, 0.3) is 5.95 Å². The number of hydrogen-bond donors (Lipinski definition) is 2. The summed E-state index contributed by atoms with van der Waals surface area (Å²) in [4.78, 5) is 0.